The topological polar surface area (TPSA) is 58.4 Å². The molecule has 5 rings (SSSR count). The SMILES string of the molecule is Cc1cc(-c2c(-c3cccs3)nc3ccc(N4CCNCC4)nn23)ccn1. The van der Waals surface area contributed by atoms with Gasteiger partial charge in [-0.2, -0.15) is 0 Å². The zero-order chi connectivity index (χ0) is 18.2. The van der Waals surface area contributed by atoms with Gasteiger partial charge in [0, 0.05) is 43.6 Å². The van der Waals surface area contributed by atoms with Gasteiger partial charge >= 0.3 is 0 Å². The number of imidazole rings is 1. The van der Waals surface area contributed by atoms with Gasteiger partial charge in [0.15, 0.2) is 5.65 Å². The summed E-state index contributed by atoms with van der Waals surface area (Å²) in [5.41, 5.74) is 4.93. The maximum absolute atomic E-state index is 4.97. The van der Waals surface area contributed by atoms with Crippen LogP contribution in [0.4, 0.5) is 5.82 Å². The van der Waals surface area contributed by atoms with Crippen molar-refractivity contribution in [2.45, 2.75) is 6.92 Å². The molecular formula is C20H20N6S. The van der Waals surface area contributed by atoms with E-state index < -0.39 is 0 Å². The van der Waals surface area contributed by atoms with E-state index in [0.29, 0.717) is 0 Å². The number of piperazine rings is 1. The number of anilines is 1. The molecule has 27 heavy (non-hydrogen) atoms. The number of thiophene rings is 1. The Morgan fingerprint density at radius 1 is 1.11 bits per heavy atom. The van der Waals surface area contributed by atoms with Gasteiger partial charge in [-0.25, -0.2) is 9.50 Å². The molecule has 0 radical (unpaired) electrons. The highest BCUT2D eigenvalue weighted by molar-refractivity contribution is 7.13. The Bertz CT molecular complexity index is 1080. The highest BCUT2D eigenvalue weighted by atomic mass is 32.1. The Balaban J connectivity index is 1.73. The van der Waals surface area contributed by atoms with Crippen LogP contribution in [0.5, 0.6) is 0 Å². The smallest absolute Gasteiger partial charge is 0.155 e. The predicted molar refractivity (Wildman–Crippen MR) is 109 cm³/mol. The van der Waals surface area contributed by atoms with Crippen LogP contribution >= 0.6 is 11.3 Å². The van der Waals surface area contributed by atoms with E-state index in [-0.39, 0.29) is 0 Å². The van der Waals surface area contributed by atoms with Crippen LogP contribution in [0.2, 0.25) is 0 Å². The number of aryl methyl sites for hydroxylation is 1. The van der Waals surface area contributed by atoms with Crippen LogP contribution in [-0.2, 0) is 0 Å². The van der Waals surface area contributed by atoms with Crippen LogP contribution in [0.25, 0.3) is 27.5 Å². The van der Waals surface area contributed by atoms with Crippen molar-refractivity contribution in [3.63, 3.8) is 0 Å². The second-order valence-corrected chi connectivity index (χ2v) is 7.62. The maximum atomic E-state index is 4.97. The number of hydrogen-bond donors (Lipinski definition) is 1. The van der Waals surface area contributed by atoms with E-state index in [1.54, 1.807) is 11.3 Å². The second kappa shape index (κ2) is 6.75. The molecule has 0 aromatic carbocycles. The van der Waals surface area contributed by atoms with Crippen molar-refractivity contribution in [2.24, 2.45) is 0 Å². The first-order valence-corrected chi connectivity index (χ1v) is 10.00. The van der Waals surface area contributed by atoms with E-state index in [0.717, 1.165) is 65.2 Å². The fourth-order valence-corrected chi connectivity index (χ4v) is 4.24. The summed E-state index contributed by atoms with van der Waals surface area (Å²) in [4.78, 5) is 12.7. The molecule has 4 aromatic rings. The summed E-state index contributed by atoms with van der Waals surface area (Å²) in [5.74, 6) is 0.992. The van der Waals surface area contributed by atoms with Gasteiger partial charge in [-0.1, -0.05) is 6.07 Å². The molecular weight excluding hydrogens is 356 g/mol. The molecule has 1 aliphatic rings. The van der Waals surface area contributed by atoms with Crippen LogP contribution in [-0.4, -0.2) is 45.8 Å². The third-order valence-corrected chi connectivity index (χ3v) is 5.71. The normalized spacial score (nSPS) is 14.8. The molecule has 0 unspecified atom stereocenters. The minimum absolute atomic E-state index is 0.863. The molecule has 0 spiro atoms. The molecule has 5 heterocycles. The molecule has 6 nitrogen and oxygen atoms in total. The Labute approximate surface area is 161 Å². The molecule has 0 amide bonds. The summed E-state index contributed by atoms with van der Waals surface area (Å²) in [6.45, 7) is 5.92. The largest absolute Gasteiger partial charge is 0.353 e. The van der Waals surface area contributed by atoms with Crippen LogP contribution in [0.1, 0.15) is 5.69 Å². The monoisotopic (exact) mass is 376 g/mol. The van der Waals surface area contributed by atoms with E-state index in [1.807, 2.05) is 23.7 Å². The van der Waals surface area contributed by atoms with Gasteiger partial charge in [0.25, 0.3) is 0 Å². The van der Waals surface area contributed by atoms with Crippen molar-refractivity contribution in [3.8, 4) is 21.8 Å². The van der Waals surface area contributed by atoms with E-state index in [2.05, 4.69) is 50.9 Å². The summed E-state index contributed by atoms with van der Waals surface area (Å²) in [5, 5.41) is 10.4. The van der Waals surface area contributed by atoms with Crippen molar-refractivity contribution in [1.29, 1.82) is 0 Å². The number of hydrogen-bond acceptors (Lipinski definition) is 6. The predicted octanol–water partition coefficient (Wildman–Crippen LogP) is 3.24. The fraction of sp³-hybridized carbons (Fsp3) is 0.250. The summed E-state index contributed by atoms with van der Waals surface area (Å²) < 4.78 is 1.99. The van der Waals surface area contributed by atoms with Crippen LogP contribution in [0.3, 0.4) is 0 Å². The minimum Gasteiger partial charge on any atom is -0.353 e. The summed E-state index contributed by atoms with van der Waals surface area (Å²) >= 11 is 1.70. The van der Waals surface area contributed by atoms with Crippen molar-refractivity contribution >= 4 is 22.8 Å². The molecule has 1 saturated heterocycles. The summed E-state index contributed by atoms with van der Waals surface area (Å²) in [6, 6.07) is 12.4. The summed E-state index contributed by atoms with van der Waals surface area (Å²) in [7, 11) is 0. The number of aromatic nitrogens is 4. The van der Waals surface area contributed by atoms with Gasteiger partial charge in [-0.3, -0.25) is 4.98 Å². The standard InChI is InChI=1S/C20H20N6S/c1-14-13-15(6-7-22-14)20-19(16-3-2-12-27-16)23-17-4-5-18(24-26(17)20)25-10-8-21-9-11-25/h2-7,12-13,21H,8-11H2,1H3. The molecule has 0 atom stereocenters. The third kappa shape index (κ3) is 2.98. The van der Waals surface area contributed by atoms with Crippen LogP contribution in [0, 0.1) is 6.92 Å². The molecule has 1 aliphatic heterocycles. The van der Waals surface area contributed by atoms with Gasteiger partial charge < -0.3 is 10.2 Å². The molecule has 0 aliphatic carbocycles. The first-order chi connectivity index (χ1) is 13.3. The minimum atomic E-state index is 0.863. The van der Waals surface area contributed by atoms with E-state index >= 15 is 0 Å². The Hall–Kier alpha value is -2.77. The van der Waals surface area contributed by atoms with Gasteiger partial charge in [0.1, 0.15) is 17.2 Å². The molecule has 136 valence electrons. The number of fused-ring (bicyclic) bond motifs is 1. The van der Waals surface area contributed by atoms with Crippen molar-refractivity contribution < 1.29 is 0 Å². The lowest BCUT2D eigenvalue weighted by Crippen LogP contribution is -2.44. The Morgan fingerprint density at radius 3 is 2.78 bits per heavy atom. The van der Waals surface area contributed by atoms with Gasteiger partial charge in [-0.05, 0) is 42.6 Å². The Kier molecular flexibility index (Phi) is 4.10. The number of pyridine rings is 1. The van der Waals surface area contributed by atoms with Gasteiger partial charge in [-0.15, -0.1) is 16.4 Å². The lowest BCUT2D eigenvalue weighted by atomic mass is 10.1. The van der Waals surface area contributed by atoms with E-state index in [1.165, 1.54) is 0 Å². The summed E-state index contributed by atoms with van der Waals surface area (Å²) in [6.07, 6.45) is 1.85. The molecule has 0 saturated carbocycles. The van der Waals surface area contributed by atoms with Crippen LogP contribution in [0.15, 0.2) is 48.0 Å². The first-order valence-electron chi connectivity index (χ1n) is 9.12. The van der Waals surface area contributed by atoms with Gasteiger partial charge in [0.2, 0.25) is 0 Å². The molecule has 4 aromatic heterocycles. The molecule has 1 fully saturated rings. The molecule has 0 bridgehead atoms. The fourth-order valence-electron chi connectivity index (χ4n) is 3.52. The number of nitrogens with zero attached hydrogens (tertiary/aromatic N) is 5. The number of rotatable bonds is 3. The van der Waals surface area contributed by atoms with Crippen molar-refractivity contribution in [2.75, 3.05) is 31.1 Å². The number of nitrogens with one attached hydrogen (secondary N) is 1. The molecule has 1 N–H and O–H groups in total. The maximum Gasteiger partial charge on any atom is 0.155 e. The van der Waals surface area contributed by atoms with Crippen LogP contribution < -0.4 is 10.2 Å². The zero-order valence-corrected chi connectivity index (χ0v) is 15.9. The second-order valence-electron chi connectivity index (χ2n) is 6.67. The van der Waals surface area contributed by atoms with Gasteiger partial charge in [0.05, 0.1) is 4.88 Å². The van der Waals surface area contributed by atoms with Crippen molar-refractivity contribution in [3.05, 3.63) is 53.7 Å². The Morgan fingerprint density at radius 2 is 2.00 bits per heavy atom. The lowest BCUT2D eigenvalue weighted by molar-refractivity contribution is 0.582. The van der Waals surface area contributed by atoms with E-state index in [4.69, 9.17) is 10.1 Å². The zero-order valence-electron chi connectivity index (χ0n) is 15.1. The molecule has 7 heteroatoms. The lowest BCUT2D eigenvalue weighted by Gasteiger charge is -2.28. The highest BCUT2D eigenvalue weighted by Gasteiger charge is 2.20. The third-order valence-electron chi connectivity index (χ3n) is 4.83. The average Bonchev–Trinajstić information content (AvgIpc) is 3.35. The quantitative estimate of drug-likeness (QED) is 0.595. The average molecular weight is 376 g/mol. The highest BCUT2D eigenvalue weighted by Crippen LogP contribution is 2.35. The first kappa shape index (κ1) is 16.4. The van der Waals surface area contributed by atoms with E-state index in [9.17, 15) is 0 Å². The van der Waals surface area contributed by atoms with Crippen molar-refractivity contribution in [1.82, 2.24) is 24.9 Å².